The number of ether oxygens (including phenoxy) is 1. The number of rotatable bonds is 5. The van der Waals surface area contributed by atoms with Crippen molar-refractivity contribution < 1.29 is 19.1 Å². The third-order valence-corrected chi connectivity index (χ3v) is 6.94. The first-order valence-corrected chi connectivity index (χ1v) is 11.6. The van der Waals surface area contributed by atoms with Crippen molar-refractivity contribution in [2.75, 3.05) is 13.1 Å². The number of likely N-dealkylation sites (tertiary alicyclic amines) is 1. The first-order chi connectivity index (χ1) is 14.8. The third-order valence-electron chi connectivity index (χ3n) is 6.94. The minimum Gasteiger partial charge on any atom is -0.480 e. The maximum absolute atomic E-state index is 13.2. The van der Waals surface area contributed by atoms with Crippen LogP contribution in [0, 0.1) is 12.8 Å². The van der Waals surface area contributed by atoms with Crippen LogP contribution >= 0.6 is 0 Å². The molecule has 6 heteroatoms. The summed E-state index contributed by atoms with van der Waals surface area (Å²) < 4.78 is 11.6. The summed E-state index contributed by atoms with van der Waals surface area (Å²) in [6.45, 7) is 6.90. The van der Waals surface area contributed by atoms with E-state index in [9.17, 15) is 14.7 Å². The molecule has 3 atom stereocenters. The van der Waals surface area contributed by atoms with Crippen molar-refractivity contribution in [1.82, 2.24) is 4.90 Å². The molecule has 1 amide bonds. The SMILES string of the molecule is CCCc1cc(=O)oc2cc(C)cc(O[C@@H](C)C(=O)N3CC[C@@]4(O)CCCC[C@H]4C3)c12. The van der Waals surface area contributed by atoms with Gasteiger partial charge in [0.25, 0.3) is 5.91 Å². The van der Waals surface area contributed by atoms with Crippen LogP contribution in [0.25, 0.3) is 11.0 Å². The standard InChI is InChI=1S/C25H33NO5/c1-4-7-18-14-22(27)31-21-13-16(2)12-20(23(18)21)30-17(3)24(28)26-11-10-25(29)9-6-5-8-19(25)15-26/h12-14,17,19,29H,4-11,15H2,1-3H3/t17-,19-,25-/m0/s1. The van der Waals surface area contributed by atoms with Gasteiger partial charge in [0.05, 0.1) is 11.0 Å². The van der Waals surface area contributed by atoms with Crippen LogP contribution in [0.4, 0.5) is 0 Å². The summed E-state index contributed by atoms with van der Waals surface area (Å²) in [5.41, 5.74) is 1.30. The highest BCUT2D eigenvalue weighted by atomic mass is 16.5. The summed E-state index contributed by atoms with van der Waals surface area (Å²) in [5.74, 6) is 0.669. The molecule has 1 N–H and O–H groups in total. The van der Waals surface area contributed by atoms with E-state index in [0.29, 0.717) is 30.8 Å². The molecule has 0 unspecified atom stereocenters. The normalized spacial score (nSPS) is 24.6. The monoisotopic (exact) mass is 427 g/mol. The van der Waals surface area contributed by atoms with Crippen molar-refractivity contribution in [1.29, 1.82) is 0 Å². The lowest BCUT2D eigenvalue weighted by Gasteiger charge is -2.47. The second-order valence-electron chi connectivity index (χ2n) is 9.32. The third kappa shape index (κ3) is 4.36. The molecule has 1 aromatic carbocycles. The van der Waals surface area contributed by atoms with Gasteiger partial charge in [0.15, 0.2) is 6.10 Å². The Morgan fingerprint density at radius 2 is 2.13 bits per heavy atom. The lowest BCUT2D eigenvalue weighted by Crippen LogP contribution is -2.56. The molecule has 1 aliphatic heterocycles. The van der Waals surface area contributed by atoms with E-state index in [2.05, 4.69) is 6.92 Å². The predicted molar refractivity (Wildman–Crippen MR) is 119 cm³/mol. The summed E-state index contributed by atoms with van der Waals surface area (Å²) in [7, 11) is 0. The molecule has 1 saturated carbocycles. The number of nitrogens with zero attached hydrogens (tertiary/aromatic N) is 1. The maximum Gasteiger partial charge on any atom is 0.336 e. The predicted octanol–water partition coefficient (Wildman–Crippen LogP) is 3.97. The van der Waals surface area contributed by atoms with Crippen LogP contribution in [0.5, 0.6) is 5.75 Å². The number of carbonyl (C=O) groups is 1. The molecule has 2 fully saturated rings. The van der Waals surface area contributed by atoms with Gasteiger partial charge in [0, 0.05) is 25.1 Å². The number of hydrogen-bond acceptors (Lipinski definition) is 5. The molecule has 2 heterocycles. The fraction of sp³-hybridized carbons (Fsp3) is 0.600. The Labute approximate surface area is 183 Å². The van der Waals surface area contributed by atoms with Gasteiger partial charge in [0.2, 0.25) is 0 Å². The lowest BCUT2D eigenvalue weighted by molar-refractivity contribution is -0.149. The Kier molecular flexibility index (Phi) is 6.11. The highest BCUT2D eigenvalue weighted by Crippen LogP contribution is 2.40. The van der Waals surface area contributed by atoms with Gasteiger partial charge in [-0.15, -0.1) is 0 Å². The van der Waals surface area contributed by atoms with Crippen molar-refractivity contribution in [3.63, 3.8) is 0 Å². The second kappa shape index (κ2) is 8.65. The lowest BCUT2D eigenvalue weighted by atomic mass is 9.71. The number of aliphatic hydroxyl groups is 1. The molecule has 0 radical (unpaired) electrons. The molecule has 0 spiro atoms. The Balaban J connectivity index is 1.57. The van der Waals surface area contributed by atoms with Crippen molar-refractivity contribution in [2.45, 2.75) is 77.4 Å². The molecular formula is C25H33NO5. The first-order valence-electron chi connectivity index (χ1n) is 11.6. The summed E-state index contributed by atoms with van der Waals surface area (Å²) in [6, 6.07) is 5.26. The van der Waals surface area contributed by atoms with Crippen LogP contribution in [0.3, 0.4) is 0 Å². The molecule has 4 rings (SSSR count). The van der Waals surface area contributed by atoms with E-state index in [0.717, 1.165) is 55.0 Å². The Hall–Kier alpha value is -2.34. The Morgan fingerprint density at radius 3 is 2.90 bits per heavy atom. The van der Waals surface area contributed by atoms with Gasteiger partial charge in [-0.1, -0.05) is 26.2 Å². The molecule has 2 aromatic rings. The molecule has 31 heavy (non-hydrogen) atoms. The van der Waals surface area contributed by atoms with Crippen LogP contribution in [0.15, 0.2) is 27.4 Å². The molecule has 0 bridgehead atoms. The fourth-order valence-corrected chi connectivity index (χ4v) is 5.30. The van der Waals surface area contributed by atoms with Crippen LogP contribution in [0.2, 0.25) is 0 Å². The summed E-state index contributed by atoms with van der Waals surface area (Å²) in [4.78, 5) is 27.1. The van der Waals surface area contributed by atoms with Gasteiger partial charge in [-0.05, 0) is 62.8 Å². The quantitative estimate of drug-likeness (QED) is 0.730. The van der Waals surface area contributed by atoms with Gasteiger partial charge in [-0.3, -0.25) is 4.79 Å². The average molecular weight is 428 g/mol. The van der Waals surface area contributed by atoms with Crippen LogP contribution < -0.4 is 10.4 Å². The summed E-state index contributed by atoms with van der Waals surface area (Å²) >= 11 is 0. The number of piperidine rings is 1. The van der Waals surface area contributed by atoms with Gasteiger partial charge in [-0.2, -0.15) is 0 Å². The van der Waals surface area contributed by atoms with Crippen molar-refractivity contribution in [3.05, 3.63) is 39.7 Å². The van der Waals surface area contributed by atoms with Gasteiger partial charge < -0.3 is 19.2 Å². The average Bonchev–Trinajstić information content (AvgIpc) is 2.72. The number of hydrogen-bond donors (Lipinski definition) is 1. The number of fused-ring (bicyclic) bond motifs is 2. The summed E-state index contributed by atoms with van der Waals surface area (Å²) in [6.07, 6.45) is 5.58. The second-order valence-corrected chi connectivity index (χ2v) is 9.32. The van der Waals surface area contributed by atoms with Crippen molar-refractivity contribution in [2.24, 2.45) is 5.92 Å². The molecule has 1 aromatic heterocycles. The largest absolute Gasteiger partial charge is 0.480 e. The minimum absolute atomic E-state index is 0.0586. The Bertz CT molecular complexity index is 1030. The van der Waals surface area contributed by atoms with E-state index >= 15 is 0 Å². The van der Waals surface area contributed by atoms with Crippen LogP contribution in [-0.2, 0) is 11.2 Å². The molecule has 168 valence electrons. The number of carbonyl (C=O) groups excluding carboxylic acids is 1. The molecule has 6 nitrogen and oxygen atoms in total. The zero-order chi connectivity index (χ0) is 22.2. The molecule has 1 aliphatic carbocycles. The Morgan fingerprint density at radius 1 is 1.32 bits per heavy atom. The number of aryl methyl sites for hydroxylation is 2. The molecule has 1 saturated heterocycles. The van der Waals surface area contributed by atoms with E-state index < -0.39 is 11.7 Å². The fourth-order valence-electron chi connectivity index (χ4n) is 5.30. The van der Waals surface area contributed by atoms with Gasteiger partial charge in [0.1, 0.15) is 11.3 Å². The topological polar surface area (TPSA) is 80.0 Å². The zero-order valence-electron chi connectivity index (χ0n) is 18.8. The highest BCUT2D eigenvalue weighted by molar-refractivity contribution is 5.88. The van der Waals surface area contributed by atoms with Crippen LogP contribution in [0.1, 0.15) is 63.5 Å². The van der Waals surface area contributed by atoms with E-state index in [1.54, 1.807) is 6.92 Å². The maximum atomic E-state index is 13.2. The molecule has 2 aliphatic rings. The van der Waals surface area contributed by atoms with E-state index in [4.69, 9.17) is 9.15 Å². The van der Waals surface area contributed by atoms with Gasteiger partial charge >= 0.3 is 5.63 Å². The smallest absolute Gasteiger partial charge is 0.336 e. The zero-order valence-corrected chi connectivity index (χ0v) is 18.8. The first kappa shape index (κ1) is 21.9. The van der Waals surface area contributed by atoms with Crippen molar-refractivity contribution in [3.8, 4) is 5.75 Å². The summed E-state index contributed by atoms with van der Waals surface area (Å²) in [5, 5.41) is 11.7. The van der Waals surface area contributed by atoms with E-state index in [1.165, 1.54) is 6.07 Å². The van der Waals surface area contributed by atoms with Crippen molar-refractivity contribution >= 4 is 16.9 Å². The van der Waals surface area contributed by atoms with E-state index in [1.807, 2.05) is 24.0 Å². The molecular weight excluding hydrogens is 394 g/mol. The minimum atomic E-state index is -0.666. The van der Waals surface area contributed by atoms with E-state index in [-0.39, 0.29) is 17.5 Å². The van der Waals surface area contributed by atoms with Crippen LogP contribution in [-0.4, -0.2) is 40.7 Å². The number of benzene rings is 1. The number of amides is 1. The van der Waals surface area contributed by atoms with Gasteiger partial charge in [-0.25, -0.2) is 4.79 Å². The highest BCUT2D eigenvalue weighted by Gasteiger charge is 2.44.